The average Bonchev–Trinajstić information content (AvgIpc) is 3.33. The van der Waals surface area contributed by atoms with E-state index in [2.05, 4.69) is 20.8 Å². The summed E-state index contributed by atoms with van der Waals surface area (Å²) in [4.78, 5) is 26.0. The zero-order chi connectivity index (χ0) is 23.0. The first-order valence-electron chi connectivity index (χ1n) is 10.6. The van der Waals surface area contributed by atoms with Gasteiger partial charge in [0.25, 0.3) is 5.91 Å². The third-order valence-electron chi connectivity index (χ3n) is 5.26. The van der Waals surface area contributed by atoms with Gasteiger partial charge in [-0.05, 0) is 16.7 Å². The number of amides is 2. The highest BCUT2D eigenvalue weighted by atomic mass is 16.3. The summed E-state index contributed by atoms with van der Waals surface area (Å²) in [5.41, 5.74) is 3.24. The number of hydrogen-bond donors (Lipinski definition) is 4. The number of aromatic amines is 1. The molecule has 0 bridgehead atoms. The number of hydrogen-bond acceptors (Lipinski definition) is 4. The van der Waals surface area contributed by atoms with Crippen LogP contribution in [-0.4, -0.2) is 39.8 Å². The maximum Gasteiger partial charge on any atom is 0.250 e. The molecule has 166 valence electrons. The van der Waals surface area contributed by atoms with E-state index < -0.39 is 24.5 Å². The van der Waals surface area contributed by atoms with E-state index in [1.165, 1.54) is 0 Å². The molecule has 2 amide bonds. The number of nitrogens with one attached hydrogen (secondary N) is 3. The number of nitrogens with zero attached hydrogens (tertiary/aromatic N) is 1. The second kappa shape index (κ2) is 10.4. The van der Waals surface area contributed by atoms with Crippen LogP contribution in [0, 0.1) is 0 Å². The number of aliphatic hydroxyl groups excluding tert-OH is 1. The first-order chi connectivity index (χ1) is 16.2. The molecular weight excluding hydrogens is 416 g/mol. The highest BCUT2D eigenvalue weighted by molar-refractivity contribution is 5.98. The second-order valence-electron chi connectivity index (χ2n) is 7.52. The molecule has 0 aliphatic heterocycles. The SMILES string of the molecule is O=C(Nc1cc(-c2ccccc2)[nH]n1)C(CO)NC(=O)C(c1ccccc1)c1ccccc1. The molecule has 1 aromatic heterocycles. The maximum atomic E-state index is 13.2. The molecule has 33 heavy (non-hydrogen) atoms. The standard InChI is InChI=1S/C26H24N4O3/c31-17-22(25(32)28-23-16-21(29-30-23)18-10-4-1-5-11-18)27-26(33)24(19-12-6-2-7-13-19)20-14-8-3-9-15-20/h1-16,22,24,31H,17H2,(H,27,33)(H2,28,29,30,32). The van der Waals surface area contributed by atoms with Crippen LogP contribution in [0.1, 0.15) is 17.0 Å². The van der Waals surface area contributed by atoms with Crippen LogP contribution in [0.4, 0.5) is 5.82 Å². The van der Waals surface area contributed by atoms with Crippen molar-refractivity contribution in [2.45, 2.75) is 12.0 Å². The molecule has 3 aromatic carbocycles. The molecule has 0 fully saturated rings. The van der Waals surface area contributed by atoms with E-state index in [0.29, 0.717) is 5.82 Å². The van der Waals surface area contributed by atoms with Crippen LogP contribution >= 0.6 is 0 Å². The first-order valence-corrected chi connectivity index (χ1v) is 10.6. The predicted molar refractivity (Wildman–Crippen MR) is 126 cm³/mol. The molecule has 4 aromatic rings. The van der Waals surface area contributed by atoms with E-state index in [1.807, 2.05) is 91.0 Å². The topological polar surface area (TPSA) is 107 Å². The summed E-state index contributed by atoms with van der Waals surface area (Å²) >= 11 is 0. The molecule has 0 saturated heterocycles. The zero-order valence-corrected chi connectivity index (χ0v) is 17.8. The first kappa shape index (κ1) is 22.0. The van der Waals surface area contributed by atoms with Crippen molar-refractivity contribution in [3.05, 3.63) is 108 Å². The Kier molecular flexibility index (Phi) is 6.92. The van der Waals surface area contributed by atoms with Crippen molar-refractivity contribution in [3.8, 4) is 11.3 Å². The van der Waals surface area contributed by atoms with Gasteiger partial charge in [0, 0.05) is 6.07 Å². The normalized spacial score (nSPS) is 11.7. The summed E-state index contributed by atoms with van der Waals surface area (Å²) in [6.07, 6.45) is 0. The van der Waals surface area contributed by atoms with Gasteiger partial charge in [0.2, 0.25) is 5.91 Å². The van der Waals surface area contributed by atoms with Crippen LogP contribution in [0.15, 0.2) is 97.1 Å². The molecule has 1 unspecified atom stereocenters. The molecule has 0 spiro atoms. The molecular formula is C26H24N4O3. The number of carbonyl (C=O) groups is 2. The number of anilines is 1. The van der Waals surface area contributed by atoms with E-state index in [-0.39, 0.29) is 5.91 Å². The molecule has 1 heterocycles. The maximum absolute atomic E-state index is 13.2. The zero-order valence-electron chi connectivity index (χ0n) is 17.8. The van der Waals surface area contributed by atoms with Crippen molar-refractivity contribution < 1.29 is 14.7 Å². The minimum Gasteiger partial charge on any atom is -0.394 e. The Morgan fingerprint density at radius 2 is 1.36 bits per heavy atom. The van der Waals surface area contributed by atoms with Crippen molar-refractivity contribution in [1.82, 2.24) is 15.5 Å². The lowest BCUT2D eigenvalue weighted by molar-refractivity contribution is -0.127. The van der Waals surface area contributed by atoms with Gasteiger partial charge >= 0.3 is 0 Å². The number of aliphatic hydroxyl groups is 1. The summed E-state index contributed by atoms with van der Waals surface area (Å²) in [6, 6.07) is 28.7. The van der Waals surface area contributed by atoms with Crippen LogP contribution in [-0.2, 0) is 9.59 Å². The Bertz CT molecular complexity index is 1150. The summed E-state index contributed by atoms with van der Waals surface area (Å²) in [7, 11) is 0. The molecule has 7 nitrogen and oxygen atoms in total. The van der Waals surface area contributed by atoms with E-state index >= 15 is 0 Å². The minimum atomic E-state index is -1.13. The summed E-state index contributed by atoms with van der Waals surface area (Å²) in [5, 5.41) is 22.1. The van der Waals surface area contributed by atoms with Crippen LogP contribution in [0.2, 0.25) is 0 Å². The molecule has 1 atom stereocenters. The molecule has 7 heteroatoms. The monoisotopic (exact) mass is 440 g/mol. The van der Waals surface area contributed by atoms with Crippen LogP contribution in [0.3, 0.4) is 0 Å². The summed E-state index contributed by atoms with van der Waals surface area (Å²) in [5.74, 6) is -1.26. The van der Waals surface area contributed by atoms with E-state index in [0.717, 1.165) is 22.4 Å². The van der Waals surface area contributed by atoms with Crippen LogP contribution < -0.4 is 10.6 Å². The van der Waals surface area contributed by atoms with Crippen LogP contribution in [0.5, 0.6) is 0 Å². The van der Waals surface area contributed by atoms with Crippen LogP contribution in [0.25, 0.3) is 11.3 Å². The van der Waals surface area contributed by atoms with E-state index in [9.17, 15) is 14.7 Å². The third kappa shape index (κ3) is 5.34. The van der Waals surface area contributed by atoms with Gasteiger partial charge in [0.15, 0.2) is 5.82 Å². The van der Waals surface area contributed by atoms with Gasteiger partial charge < -0.3 is 15.7 Å². The summed E-state index contributed by atoms with van der Waals surface area (Å²) < 4.78 is 0. The Morgan fingerprint density at radius 3 is 1.91 bits per heavy atom. The van der Waals surface area contributed by atoms with Gasteiger partial charge in [-0.1, -0.05) is 91.0 Å². The quantitative estimate of drug-likeness (QED) is 0.337. The van der Waals surface area contributed by atoms with Crippen molar-refractivity contribution >= 4 is 17.6 Å². The smallest absolute Gasteiger partial charge is 0.250 e. The average molecular weight is 441 g/mol. The van der Waals surface area contributed by atoms with E-state index in [4.69, 9.17) is 0 Å². The third-order valence-corrected chi connectivity index (χ3v) is 5.26. The lowest BCUT2D eigenvalue weighted by atomic mass is 9.90. The highest BCUT2D eigenvalue weighted by Gasteiger charge is 2.28. The fraction of sp³-hybridized carbons (Fsp3) is 0.115. The largest absolute Gasteiger partial charge is 0.394 e. The van der Waals surface area contributed by atoms with Crippen molar-refractivity contribution in [1.29, 1.82) is 0 Å². The molecule has 4 N–H and O–H groups in total. The minimum absolute atomic E-state index is 0.300. The Morgan fingerprint density at radius 1 is 0.818 bits per heavy atom. The molecule has 0 aliphatic carbocycles. The molecule has 4 rings (SSSR count). The molecule has 0 radical (unpaired) electrons. The van der Waals surface area contributed by atoms with Gasteiger partial charge in [0.05, 0.1) is 18.2 Å². The lowest BCUT2D eigenvalue weighted by Crippen LogP contribution is -2.48. The van der Waals surface area contributed by atoms with Gasteiger partial charge in [0.1, 0.15) is 6.04 Å². The predicted octanol–water partition coefficient (Wildman–Crippen LogP) is 3.32. The van der Waals surface area contributed by atoms with Crippen molar-refractivity contribution in [3.63, 3.8) is 0 Å². The number of rotatable bonds is 8. The van der Waals surface area contributed by atoms with Crippen molar-refractivity contribution in [2.75, 3.05) is 11.9 Å². The van der Waals surface area contributed by atoms with Crippen molar-refractivity contribution in [2.24, 2.45) is 0 Å². The number of H-pyrrole nitrogens is 1. The van der Waals surface area contributed by atoms with E-state index in [1.54, 1.807) is 6.07 Å². The Balaban J connectivity index is 1.48. The number of carbonyl (C=O) groups excluding carboxylic acids is 2. The lowest BCUT2D eigenvalue weighted by Gasteiger charge is -2.21. The summed E-state index contributed by atoms with van der Waals surface area (Å²) in [6.45, 7) is -0.552. The molecule has 0 saturated carbocycles. The molecule has 0 aliphatic rings. The highest BCUT2D eigenvalue weighted by Crippen LogP contribution is 2.25. The van der Waals surface area contributed by atoms with Gasteiger partial charge in [-0.3, -0.25) is 14.7 Å². The van der Waals surface area contributed by atoms with Gasteiger partial charge in [-0.2, -0.15) is 5.10 Å². The van der Waals surface area contributed by atoms with Gasteiger partial charge in [-0.15, -0.1) is 0 Å². The number of aromatic nitrogens is 2. The number of benzene rings is 3. The van der Waals surface area contributed by atoms with Gasteiger partial charge in [-0.25, -0.2) is 0 Å². The Hall–Kier alpha value is -4.23. The fourth-order valence-electron chi connectivity index (χ4n) is 3.60. The Labute approximate surface area is 191 Å². The second-order valence-corrected chi connectivity index (χ2v) is 7.52. The fourth-order valence-corrected chi connectivity index (χ4v) is 3.60.